The first kappa shape index (κ1) is 17.1. The van der Waals surface area contributed by atoms with Gasteiger partial charge in [0.2, 0.25) is 0 Å². The second-order valence-corrected chi connectivity index (χ2v) is 4.90. The number of carbonyl (C=O) groups is 1. The summed E-state index contributed by atoms with van der Waals surface area (Å²) < 4.78 is 16.1. The lowest BCUT2D eigenvalue weighted by atomic mass is 10.1. The Morgan fingerprint density at radius 2 is 2.14 bits per heavy atom. The SMILES string of the molecule is CCCOc1c(Br)cc(/C=C(/C#N)C(=O)OC)cc1OC. The van der Waals surface area contributed by atoms with Gasteiger partial charge in [-0.3, -0.25) is 0 Å². The van der Waals surface area contributed by atoms with Crippen molar-refractivity contribution in [2.24, 2.45) is 0 Å². The third-order valence-corrected chi connectivity index (χ3v) is 3.13. The van der Waals surface area contributed by atoms with Crippen LogP contribution in [0.4, 0.5) is 0 Å². The van der Waals surface area contributed by atoms with Crippen LogP contribution in [0.15, 0.2) is 22.2 Å². The number of ether oxygens (including phenoxy) is 3. The molecule has 5 nitrogen and oxygen atoms in total. The number of carbonyl (C=O) groups excluding carboxylic acids is 1. The van der Waals surface area contributed by atoms with Crippen LogP contribution < -0.4 is 9.47 Å². The van der Waals surface area contributed by atoms with E-state index < -0.39 is 5.97 Å². The van der Waals surface area contributed by atoms with Crippen LogP contribution in [-0.2, 0) is 9.53 Å². The molecule has 6 heteroatoms. The number of nitriles is 1. The van der Waals surface area contributed by atoms with E-state index in [1.54, 1.807) is 18.2 Å². The molecule has 1 rings (SSSR count). The van der Waals surface area contributed by atoms with Crippen molar-refractivity contribution in [3.8, 4) is 17.6 Å². The van der Waals surface area contributed by atoms with Crippen LogP contribution in [0.25, 0.3) is 6.08 Å². The molecule has 0 aromatic heterocycles. The summed E-state index contributed by atoms with van der Waals surface area (Å²) in [6.07, 6.45) is 2.31. The van der Waals surface area contributed by atoms with Crippen molar-refractivity contribution in [3.63, 3.8) is 0 Å². The summed E-state index contributed by atoms with van der Waals surface area (Å²) >= 11 is 3.40. The maximum absolute atomic E-state index is 11.4. The fourth-order valence-electron chi connectivity index (χ4n) is 1.58. The number of rotatable bonds is 6. The molecular formula is C15H16BrNO4. The Morgan fingerprint density at radius 3 is 2.67 bits per heavy atom. The monoisotopic (exact) mass is 353 g/mol. The highest BCUT2D eigenvalue weighted by Crippen LogP contribution is 2.37. The molecule has 21 heavy (non-hydrogen) atoms. The zero-order valence-corrected chi connectivity index (χ0v) is 13.7. The molecule has 0 amide bonds. The summed E-state index contributed by atoms with van der Waals surface area (Å²) in [5.74, 6) is 0.429. The van der Waals surface area contributed by atoms with E-state index in [0.717, 1.165) is 6.42 Å². The van der Waals surface area contributed by atoms with Gasteiger partial charge in [0.1, 0.15) is 11.6 Å². The van der Waals surface area contributed by atoms with Crippen LogP contribution in [0.5, 0.6) is 11.5 Å². The zero-order valence-electron chi connectivity index (χ0n) is 12.1. The van der Waals surface area contributed by atoms with Gasteiger partial charge in [-0.1, -0.05) is 6.92 Å². The predicted molar refractivity (Wildman–Crippen MR) is 82.1 cm³/mol. The topological polar surface area (TPSA) is 68.5 Å². The number of esters is 1. The van der Waals surface area contributed by atoms with E-state index >= 15 is 0 Å². The largest absolute Gasteiger partial charge is 0.493 e. The van der Waals surface area contributed by atoms with Crippen LogP contribution in [0.3, 0.4) is 0 Å². The number of hydrogen-bond donors (Lipinski definition) is 0. The maximum atomic E-state index is 11.4. The van der Waals surface area contributed by atoms with Crippen LogP contribution >= 0.6 is 15.9 Å². The molecule has 0 saturated carbocycles. The van der Waals surface area contributed by atoms with Gasteiger partial charge in [0.25, 0.3) is 0 Å². The van der Waals surface area contributed by atoms with Crippen molar-refractivity contribution < 1.29 is 19.0 Å². The molecular weight excluding hydrogens is 338 g/mol. The van der Waals surface area contributed by atoms with Crippen molar-refractivity contribution in [3.05, 3.63) is 27.7 Å². The molecule has 112 valence electrons. The minimum Gasteiger partial charge on any atom is -0.493 e. The van der Waals surface area contributed by atoms with E-state index in [9.17, 15) is 4.79 Å². The van der Waals surface area contributed by atoms with E-state index in [4.69, 9.17) is 14.7 Å². The summed E-state index contributed by atoms with van der Waals surface area (Å²) in [5.41, 5.74) is 0.540. The Hall–Kier alpha value is -2.00. The van der Waals surface area contributed by atoms with Gasteiger partial charge in [-0.2, -0.15) is 5.26 Å². The Kier molecular flexibility index (Phi) is 6.76. The molecule has 0 unspecified atom stereocenters. The van der Waals surface area contributed by atoms with Gasteiger partial charge in [-0.15, -0.1) is 0 Å². The lowest BCUT2D eigenvalue weighted by Gasteiger charge is -2.13. The summed E-state index contributed by atoms with van der Waals surface area (Å²) in [4.78, 5) is 11.4. The molecule has 0 aliphatic heterocycles. The molecule has 0 radical (unpaired) electrons. The lowest BCUT2D eigenvalue weighted by Crippen LogP contribution is -2.03. The van der Waals surface area contributed by atoms with Gasteiger partial charge in [-0.25, -0.2) is 4.79 Å². The highest BCUT2D eigenvalue weighted by Gasteiger charge is 2.13. The van der Waals surface area contributed by atoms with E-state index in [1.165, 1.54) is 20.3 Å². The van der Waals surface area contributed by atoms with E-state index in [-0.39, 0.29) is 5.57 Å². The summed E-state index contributed by atoms with van der Waals surface area (Å²) in [7, 11) is 2.76. The van der Waals surface area contributed by atoms with Crippen LogP contribution in [0, 0.1) is 11.3 Å². The van der Waals surface area contributed by atoms with Crippen LogP contribution in [0.1, 0.15) is 18.9 Å². The van der Waals surface area contributed by atoms with Crippen molar-refractivity contribution >= 4 is 28.0 Å². The molecule has 0 atom stereocenters. The van der Waals surface area contributed by atoms with E-state index in [0.29, 0.717) is 28.1 Å². The standard InChI is InChI=1S/C15H16BrNO4/c1-4-5-21-14-12(16)7-10(8-13(14)19-2)6-11(9-17)15(18)20-3/h6-8H,4-5H2,1-3H3/b11-6-. The second kappa shape index (κ2) is 8.32. The van der Waals surface area contributed by atoms with Gasteiger partial charge in [-0.05, 0) is 46.1 Å². The fourth-order valence-corrected chi connectivity index (χ4v) is 2.15. The number of hydrogen-bond acceptors (Lipinski definition) is 5. The molecule has 1 aromatic carbocycles. The highest BCUT2D eigenvalue weighted by atomic mass is 79.9. The predicted octanol–water partition coefficient (Wildman–Crippen LogP) is 3.33. The average molecular weight is 354 g/mol. The molecule has 0 bridgehead atoms. The highest BCUT2D eigenvalue weighted by molar-refractivity contribution is 9.10. The summed E-state index contributed by atoms with van der Waals surface area (Å²) in [6, 6.07) is 5.24. The maximum Gasteiger partial charge on any atom is 0.348 e. The number of halogens is 1. The van der Waals surface area contributed by atoms with Gasteiger partial charge in [0.05, 0.1) is 25.3 Å². The molecule has 0 spiro atoms. The van der Waals surface area contributed by atoms with Gasteiger partial charge >= 0.3 is 5.97 Å². The number of methoxy groups -OCH3 is 2. The third-order valence-electron chi connectivity index (χ3n) is 2.54. The summed E-state index contributed by atoms with van der Waals surface area (Å²) in [6.45, 7) is 2.57. The molecule has 0 heterocycles. The minimum absolute atomic E-state index is 0.0892. The Bertz CT molecular complexity index is 590. The normalized spacial score (nSPS) is 10.7. The molecule has 0 N–H and O–H groups in total. The van der Waals surface area contributed by atoms with E-state index in [1.807, 2.05) is 6.92 Å². The van der Waals surface area contributed by atoms with Gasteiger partial charge in [0, 0.05) is 0 Å². The minimum atomic E-state index is -0.682. The fraction of sp³-hybridized carbons (Fsp3) is 0.333. The lowest BCUT2D eigenvalue weighted by molar-refractivity contribution is -0.135. The van der Waals surface area contributed by atoms with E-state index in [2.05, 4.69) is 20.7 Å². The quantitative estimate of drug-likeness (QED) is 0.445. The molecule has 0 fully saturated rings. The Balaban J connectivity index is 3.22. The first-order valence-electron chi connectivity index (χ1n) is 6.27. The van der Waals surface area contributed by atoms with Gasteiger partial charge < -0.3 is 14.2 Å². The molecule has 0 aliphatic rings. The van der Waals surface area contributed by atoms with Crippen molar-refractivity contribution in [1.82, 2.24) is 0 Å². The number of nitrogens with zero attached hydrogens (tertiary/aromatic N) is 1. The third kappa shape index (κ3) is 4.50. The van der Waals surface area contributed by atoms with Crippen LogP contribution in [-0.4, -0.2) is 26.8 Å². The van der Waals surface area contributed by atoms with Gasteiger partial charge in [0.15, 0.2) is 11.5 Å². The molecule has 0 saturated heterocycles. The smallest absolute Gasteiger partial charge is 0.348 e. The van der Waals surface area contributed by atoms with Crippen molar-refractivity contribution in [2.75, 3.05) is 20.8 Å². The molecule has 1 aromatic rings. The van der Waals surface area contributed by atoms with Crippen LogP contribution in [0.2, 0.25) is 0 Å². The van der Waals surface area contributed by atoms with Crippen molar-refractivity contribution in [1.29, 1.82) is 5.26 Å². The molecule has 0 aliphatic carbocycles. The Morgan fingerprint density at radius 1 is 1.43 bits per heavy atom. The Labute approximate surface area is 132 Å². The number of benzene rings is 1. The second-order valence-electron chi connectivity index (χ2n) is 4.04. The first-order chi connectivity index (χ1) is 10.1. The summed E-state index contributed by atoms with van der Waals surface area (Å²) in [5, 5.41) is 8.97. The first-order valence-corrected chi connectivity index (χ1v) is 7.07. The average Bonchev–Trinajstić information content (AvgIpc) is 2.50. The zero-order chi connectivity index (χ0) is 15.8. The van der Waals surface area contributed by atoms with Crippen molar-refractivity contribution in [2.45, 2.75) is 13.3 Å².